The van der Waals surface area contributed by atoms with Gasteiger partial charge in [0.1, 0.15) is 0 Å². The first kappa shape index (κ1) is 15.6. The van der Waals surface area contributed by atoms with Crippen molar-refractivity contribution in [1.29, 1.82) is 0 Å². The lowest BCUT2D eigenvalue weighted by atomic mass is 9.90. The minimum Gasteiger partial charge on any atom is -0.389 e. The largest absolute Gasteiger partial charge is 0.389 e. The third-order valence-corrected chi connectivity index (χ3v) is 6.21. The van der Waals surface area contributed by atoms with Gasteiger partial charge in [0.25, 0.3) is 0 Å². The van der Waals surface area contributed by atoms with Crippen LogP contribution in [-0.4, -0.2) is 42.4 Å². The van der Waals surface area contributed by atoms with E-state index in [1.807, 2.05) is 0 Å². The SMILES string of the molecule is O[C@@H](COC[C@@H]1C[C@H]2CC[C@H]1C2)CN1CCc2ccccc2C1. The average molecular weight is 315 g/mol. The molecule has 1 aliphatic heterocycles. The topological polar surface area (TPSA) is 32.7 Å². The maximum absolute atomic E-state index is 10.3. The molecule has 0 saturated heterocycles. The van der Waals surface area contributed by atoms with Gasteiger partial charge in [0, 0.05) is 26.2 Å². The molecule has 2 fully saturated rings. The van der Waals surface area contributed by atoms with E-state index in [2.05, 4.69) is 29.2 Å². The monoisotopic (exact) mass is 315 g/mol. The van der Waals surface area contributed by atoms with E-state index >= 15 is 0 Å². The van der Waals surface area contributed by atoms with E-state index in [0.717, 1.165) is 50.4 Å². The Kier molecular flexibility index (Phi) is 4.70. The Morgan fingerprint density at radius 1 is 1.17 bits per heavy atom. The lowest BCUT2D eigenvalue weighted by Crippen LogP contribution is -2.38. The highest BCUT2D eigenvalue weighted by Gasteiger charge is 2.39. The van der Waals surface area contributed by atoms with Gasteiger partial charge in [-0.15, -0.1) is 0 Å². The predicted molar refractivity (Wildman–Crippen MR) is 91.2 cm³/mol. The standard InChI is InChI=1S/C20H29NO2/c22-20(14-23-13-19-10-15-5-6-17(19)9-15)12-21-8-7-16-3-1-2-4-18(16)11-21/h1-4,15,17,19-20,22H,5-14H2/t15-,17-,19-,20+/m0/s1. The lowest BCUT2D eigenvalue weighted by molar-refractivity contribution is -0.00387. The molecule has 4 rings (SSSR count). The van der Waals surface area contributed by atoms with Gasteiger partial charge in [-0.1, -0.05) is 30.7 Å². The third kappa shape index (κ3) is 3.62. The Hall–Kier alpha value is -0.900. The summed E-state index contributed by atoms with van der Waals surface area (Å²) in [5, 5.41) is 10.3. The molecule has 23 heavy (non-hydrogen) atoms. The summed E-state index contributed by atoms with van der Waals surface area (Å²) in [4.78, 5) is 2.36. The highest BCUT2D eigenvalue weighted by molar-refractivity contribution is 5.29. The van der Waals surface area contributed by atoms with Crippen LogP contribution in [0.3, 0.4) is 0 Å². The Morgan fingerprint density at radius 2 is 2.04 bits per heavy atom. The van der Waals surface area contributed by atoms with Crippen molar-refractivity contribution in [2.45, 2.75) is 44.8 Å². The fourth-order valence-corrected chi connectivity index (χ4v) is 5.00. The Labute approximate surface area is 139 Å². The summed E-state index contributed by atoms with van der Waals surface area (Å²) >= 11 is 0. The molecule has 2 aliphatic carbocycles. The lowest BCUT2D eigenvalue weighted by Gasteiger charge is -2.30. The summed E-state index contributed by atoms with van der Waals surface area (Å²) in [6, 6.07) is 8.66. The van der Waals surface area contributed by atoms with Gasteiger partial charge in [-0.25, -0.2) is 0 Å². The molecule has 0 amide bonds. The van der Waals surface area contributed by atoms with Gasteiger partial charge in [0.05, 0.1) is 12.7 Å². The van der Waals surface area contributed by atoms with Crippen molar-refractivity contribution in [2.24, 2.45) is 17.8 Å². The third-order valence-electron chi connectivity index (χ3n) is 6.21. The van der Waals surface area contributed by atoms with Crippen LogP contribution < -0.4 is 0 Å². The van der Waals surface area contributed by atoms with Gasteiger partial charge in [0.2, 0.25) is 0 Å². The quantitative estimate of drug-likeness (QED) is 0.876. The molecule has 0 spiro atoms. The zero-order valence-corrected chi connectivity index (χ0v) is 14.0. The van der Waals surface area contributed by atoms with Gasteiger partial charge < -0.3 is 9.84 Å². The smallest absolute Gasteiger partial charge is 0.0900 e. The number of nitrogens with zero attached hydrogens (tertiary/aromatic N) is 1. The molecule has 2 saturated carbocycles. The molecular formula is C20H29NO2. The highest BCUT2D eigenvalue weighted by atomic mass is 16.5. The zero-order chi connectivity index (χ0) is 15.6. The number of benzene rings is 1. The number of ether oxygens (including phenoxy) is 1. The number of hydrogen-bond acceptors (Lipinski definition) is 3. The van der Waals surface area contributed by atoms with E-state index in [4.69, 9.17) is 4.74 Å². The van der Waals surface area contributed by atoms with Gasteiger partial charge in [-0.3, -0.25) is 4.90 Å². The second-order valence-corrected chi connectivity index (χ2v) is 7.88. The van der Waals surface area contributed by atoms with Crippen LogP contribution in [-0.2, 0) is 17.7 Å². The molecule has 3 nitrogen and oxygen atoms in total. The maximum atomic E-state index is 10.3. The molecule has 1 N–H and O–H groups in total. The molecule has 1 heterocycles. The molecule has 4 atom stereocenters. The zero-order valence-electron chi connectivity index (χ0n) is 14.0. The van der Waals surface area contributed by atoms with Gasteiger partial charge in [0.15, 0.2) is 0 Å². The Balaban J connectivity index is 1.18. The Bertz CT molecular complexity index is 532. The van der Waals surface area contributed by atoms with E-state index in [1.165, 1.54) is 36.8 Å². The molecule has 0 radical (unpaired) electrons. The van der Waals surface area contributed by atoms with Crippen LogP contribution in [0, 0.1) is 17.8 Å². The highest BCUT2D eigenvalue weighted by Crippen LogP contribution is 2.48. The fourth-order valence-electron chi connectivity index (χ4n) is 5.00. The van der Waals surface area contributed by atoms with E-state index in [0.29, 0.717) is 6.61 Å². The van der Waals surface area contributed by atoms with Crippen LogP contribution >= 0.6 is 0 Å². The Morgan fingerprint density at radius 3 is 2.83 bits per heavy atom. The molecule has 1 aromatic carbocycles. The second kappa shape index (κ2) is 6.92. The van der Waals surface area contributed by atoms with E-state index in [1.54, 1.807) is 0 Å². The van der Waals surface area contributed by atoms with Crippen molar-refractivity contribution in [3.8, 4) is 0 Å². The number of fused-ring (bicyclic) bond motifs is 3. The summed E-state index contributed by atoms with van der Waals surface area (Å²) < 4.78 is 5.87. The molecule has 2 bridgehead atoms. The van der Waals surface area contributed by atoms with E-state index in [-0.39, 0.29) is 6.10 Å². The summed E-state index contributed by atoms with van der Waals surface area (Å²) in [7, 11) is 0. The molecular weight excluding hydrogens is 286 g/mol. The van der Waals surface area contributed by atoms with Crippen molar-refractivity contribution >= 4 is 0 Å². The minimum atomic E-state index is -0.362. The average Bonchev–Trinajstić information content (AvgIpc) is 3.18. The number of rotatable bonds is 6. The first-order chi connectivity index (χ1) is 11.3. The minimum absolute atomic E-state index is 0.362. The van der Waals surface area contributed by atoms with Crippen molar-refractivity contribution in [3.05, 3.63) is 35.4 Å². The molecule has 3 aliphatic rings. The number of β-amino-alcohol motifs (C(OH)–C–C–N with tert-alkyl or cyclic N) is 1. The van der Waals surface area contributed by atoms with Crippen LogP contribution in [0.5, 0.6) is 0 Å². The number of hydrogen-bond donors (Lipinski definition) is 1. The first-order valence-corrected chi connectivity index (χ1v) is 9.33. The van der Waals surface area contributed by atoms with Gasteiger partial charge >= 0.3 is 0 Å². The summed E-state index contributed by atoms with van der Waals surface area (Å²) in [6.45, 7) is 4.08. The summed E-state index contributed by atoms with van der Waals surface area (Å²) in [6.07, 6.45) is 6.38. The van der Waals surface area contributed by atoms with Crippen molar-refractivity contribution < 1.29 is 9.84 Å². The molecule has 0 unspecified atom stereocenters. The van der Waals surface area contributed by atoms with E-state index < -0.39 is 0 Å². The van der Waals surface area contributed by atoms with Crippen molar-refractivity contribution in [1.82, 2.24) is 4.90 Å². The molecule has 3 heteroatoms. The predicted octanol–water partition coefficient (Wildman–Crippen LogP) is 2.86. The van der Waals surface area contributed by atoms with Gasteiger partial charge in [-0.05, 0) is 54.6 Å². The molecule has 1 aromatic rings. The fraction of sp³-hybridized carbons (Fsp3) is 0.700. The summed E-state index contributed by atoms with van der Waals surface area (Å²) in [5.41, 5.74) is 2.87. The van der Waals surface area contributed by atoms with Crippen LogP contribution in [0.1, 0.15) is 36.8 Å². The number of aliphatic hydroxyl groups is 1. The number of aliphatic hydroxyl groups excluding tert-OH is 1. The maximum Gasteiger partial charge on any atom is 0.0900 e. The summed E-state index contributed by atoms with van der Waals surface area (Å²) in [5.74, 6) is 2.66. The van der Waals surface area contributed by atoms with Crippen molar-refractivity contribution in [2.75, 3.05) is 26.3 Å². The van der Waals surface area contributed by atoms with Crippen LogP contribution in [0.4, 0.5) is 0 Å². The van der Waals surface area contributed by atoms with E-state index in [9.17, 15) is 5.11 Å². The van der Waals surface area contributed by atoms with Crippen LogP contribution in [0.25, 0.3) is 0 Å². The van der Waals surface area contributed by atoms with Crippen LogP contribution in [0.2, 0.25) is 0 Å². The second-order valence-electron chi connectivity index (χ2n) is 7.88. The molecule has 126 valence electrons. The normalized spacial score (nSPS) is 31.3. The van der Waals surface area contributed by atoms with Gasteiger partial charge in [-0.2, -0.15) is 0 Å². The van der Waals surface area contributed by atoms with Crippen LogP contribution in [0.15, 0.2) is 24.3 Å². The van der Waals surface area contributed by atoms with Crippen molar-refractivity contribution in [3.63, 3.8) is 0 Å². The molecule has 0 aromatic heterocycles. The first-order valence-electron chi connectivity index (χ1n) is 9.33.